The molecule has 1 aromatic rings. The average Bonchev–Trinajstić information content (AvgIpc) is 2.09. The molecule has 0 saturated carbocycles. The van der Waals surface area contributed by atoms with Crippen molar-refractivity contribution in [2.24, 2.45) is 0 Å². The highest BCUT2D eigenvalue weighted by atomic mass is 79.9. The summed E-state index contributed by atoms with van der Waals surface area (Å²) >= 11 is 3.10. The van der Waals surface area contributed by atoms with Gasteiger partial charge in [-0.2, -0.15) is 0 Å². The number of benzene rings is 1. The Morgan fingerprint density at radius 1 is 1.50 bits per heavy atom. The summed E-state index contributed by atoms with van der Waals surface area (Å²) in [6.07, 6.45) is 0. The molecule has 0 amide bonds. The summed E-state index contributed by atoms with van der Waals surface area (Å²) in [6, 6.07) is 4.81. The summed E-state index contributed by atoms with van der Waals surface area (Å²) in [5, 5.41) is 3.12. The Balaban J connectivity index is 2.13. The van der Waals surface area contributed by atoms with Crippen molar-refractivity contribution in [3.05, 3.63) is 28.5 Å². The minimum absolute atomic E-state index is 0.180. The van der Waals surface area contributed by atoms with Crippen LogP contribution in [-0.4, -0.2) is 18.7 Å². The number of halogens is 2. The van der Waals surface area contributed by atoms with Crippen LogP contribution in [0.1, 0.15) is 6.92 Å². The van der Waals surface area contributed by atoms with Crippen LogP contribution in [-0.2, 0) is 0 Å². The zero-order valence-electron chi connectivity index (χ0n) is 7.81. The molecule has 2 rings (SSSR count). The molecule has 0 aliphatic carbocycles. The summed E-state index contributed by atoms with van der Waals surface area (Å²) in [7, 11) is 0. The normalized spacial score (nSPS) is 18.8. The molecule has 14 heavy (non-hydrogen) atoms. The van der Waals surface area contributed by atoms with E-state index in [1.165, 1.54) is 6.07 Å². The summed E-state index contributed by atoms with van der Waals surface area (Å²) in [6.45, 7) is 3.62. The first-order chi connectivity index (χ1) is 6.59. The predicted molar refractivity (Wildman–Crippen MR) is 56.0 cm³/mol. The summed E-state index contributed by atoms with van der Waals surface area (Å²) in [5.41, 5.74) is -0.180. The lowest BCUT2D eigenvalue weighted by atomic mass is 10.00. The van der Waals surface area contributed by atoms with E-state index in [0.717, 1.165) is 13.1 Å². The second kappa shape index (κ2) is 3.51. The fourth-order valence-electron chi connectivity index (χ4n) is 1.37. The minimum Gasteiger partial charge on any atom is -0.485 e. The standard InChI is InChI=1S/C10H11BrFNO/c1-10(5-13-6-10)14-7-2-3-8(11)9(12)4-7/h2-4,13H,5-6H2,1H3. The number of rotatable bonds is 2. The molecule has 1 aromatic carbocycles. The fourth-order valence-corrected chi connectivity index (χ4v) is 1.62. The summed E-state index contributed by atoms with van der Waals surface area (Å²) in [4.78, 5) is 0. The van der Waals surface area contributed by atoms with E-state index in [0.29, 0.717) is 10.2 Å². The Bertz CT molecular complexity index is 352. The van der Waals surface area contributed by atoms with E-state index >= 15 is 0 Å². The second-order valence-electron chi connectivity index (χ2n) is 3.73. The van der Waals surface area contributed by atoms with E-state index in [4.69, 9.17) is 4.74 Å². The molecule has 1 heterocycles. The maximum atomic E-state index is 13.1. The topological polar surface area (TPSA) is 21.3 Å². The Kier molecular flexibility index (Phi) is 2.49. The molecule has 4 heteroatoms. The Morgan fingerprint density at radius 3 is 2.71 bits per heavy atom. The lowest BCUT2D eigenvalue weighted by Gasteiger charge is -2.39. The first-order valence-electron chi connectivity index (χ1n) is 4.44. The summed E-state index contributed by atoms with van der Waals surface area (Å²) in [5.74, 6) is 0.285. The average molecular weight is 260 g/mol. The van der Waals surface area contributed by atoms with Gasteiger partial charge in [0.1, 0.15) is 17.2 Å². The first kappa shape index (κ1) is 9.93. The van der Waals surface area contributed by atoms with Gasteiger partial charge >= 0.3 is 0 Å². The smallest absolute Gasteiger partial charge is 0.141 e. The van der Waals surface area contributed by atoms with Crippen LogP contribution in [0, 0.1) is 5.82 Å². The maximum absolute atomic E-state index is 13.1. The Labute approximate surface area is 90.6 Å². The van der Waals surface area contributed by atoms with Gasteiger partial charge in [-0.25, -0.2) is 4.39 Å². The van der Waals surface area contributed by atoms with Crippen LogP contribution >= 0.6 is 15.9 Å². The minimum atomic E-state index is -0.293. The molecule has 0 bridgehead atoms. The van der Waals surface area contributed by atoms with Gasteiger partial charge in [-0.3, -0.25) is 0 Å². The molecule has 76 valence electrons. The fraction of sp³-hybridized carbons (Fsp3) is 0.400. The lowest BCUT2D eigenvalue weighted by molar-refractivity contribution is 0.0346. The van der Waals surface area contributed by atoms with Gasteiger partial charge in [0.2, 0.25) is 0 Å². The highest BCUT2D eigenvalue weighted by molar-refractivity contribution is 9.10. The molecule has 1 aliphatic rings. The lowest BCUT2D eigenvalue weighted by Crippen LogP contribution is -2.61. The van der Waals surface area contributed by atoms with Crippen molar-refractivity contribution in [1.29, 1.82) is 0 Å². The van der Waals surface area contributed by atoms with Crippen molar-refractivity contribution in [3.63, 3.8) is 0 Å². The predicted octanol–water partition coefficient (Wildman–Crippen LogP) is 2.33. The summed E-state index contributed by atoms with van der Waals surface area (Å²) < 4.78 is 19.2. The van der Waals surface area contributed by atoms with Gasteiger partial charge in [0, 0.05) is 19.2 Å². The quantitative estimate of drug-likeness (QED) is 0.881. The van der Waals surface area contributed by atoms with Crippen LogP contribution in [0.25, 0.3) is 0 Å². The van der Waals surface area contributed by atoms with Crippen molar-refractivity contribution < 1.29 is 9.13 Å². The number of hydrogen-bond donors (Lipinski definition) is 1. The van der Waals surface area contributed by atoms with Gasteiger partial charge < -0.3 is 10.1 Å². The van der Waals surface area contributed by atoms with Crippen LogP contribution in [0.15, 0.2) is 22.7 Å². The van der Waals surface area contributed by atoms with Crippen LogP contribution in [0.3, 0.4) is 0 Å². The monoisotopic (exact) mass is 259 g/mol. The van der Waals surface area contributed by atoms with Crippen molar-refractivity contribution in [2.75, 3.05) is 13.1 Å². The molecule has 0 aromatic heterocycles. The van der Waals surface area contributed by atoms with Gasteiger partial charge in [-0.15, -0.1) is 0 Å². The molecular formula is C10H11BrFNO. The van der Waals surface area contributed by atoms with E-state index in [2.05, 4.69) is 21.2 Å². The molecule has 1 fully saturated rings. The van der Waals surface area contributed by atoms with Crippen molar-refractivity contribution >= 4 is 15.9 Å². The van der Waals surface area contributed by atoms with Crippen molar-refractivity contribution in [2.45, 2.75) is 12.5 Å². The van der Waals surface area contributed by atoms with E-state index in [1.54, 1.807) is 12.1 Å². The van der Waals surface area contributed by atoms with Gasteiger partial charge in [0.25, 0.3) is 0 Å². The molecule has 0 unspecified atom stereocenters. The van der Waals surface area contributed by atoms with E-state index in [1.807, 2.05) is 6.92 Å². The molecular weight excluding hydrogens is 249 g/mol. The van der Waals surface area contributed by atoms with Gasteiger partial charge in [-0.05, 0) is 35.0 Å². The van der Waals surface area contributed by atoms with Crippen molar-refractivity contribution in [3.8, 4) is 5.75 Å². The maximum Gasteiger partial charge on any atom is 0.141 e. The molecule has 2 nitrogen and oxygen atoms in total. The van der Waals surface area contributed by atoms with Gasteiger partial charge in [-0.1, -0.05) is 0 Å². The molecule has 0 spiro atoms. The first-order valence-corrected chi connectivity index (χ1v) is 5.23. The SMILES string of the molecule is CC1(Oc2ccc(Br)c(F)c2)CNC1. The van der Waals surface area contributed by atoms with Gasteiger partial charge in [0.05, 0.1) is 4.47 Å². The highest BCUT2D eigenvalue weighted by Crippen LogP contribution is 2.25. The molecule has 0 radical (unpaired) electrons. The molecule has 1 aliphatic heterocycles. The number of hydrogen-bond acceptors (Lipinski definition) is 2. The largest absolute Gasteiger partial charge is 0.485 e. The van der Waals surface area contributed by atoms with Crippen LogP contribution in [0.2, 0.25) is 0 Å². The van der Waals surface area contributed by atoms with Crippen molar-refractivity contribution in [1.82, 2.24) is 5.32 Å². The molecule has 1 saturated heterocycles. The zero-order chi connectivity index (χ0) is 10.2. The molecule has 0 atom stereocenters. The van der Waals surface area contributed by atoms with Gasteiger partial charge in [0.15, 0.2) is 0 Å². The van der Waals surface area contributed by atoms with Crippen LogP contribution in [0.4, 0.5) is 4.39 Å². The van der Waals surface area contributed by atoms with E-state index in [-0.39, 0.29) is 11.4 Å². The zero-order valence-corrected chi connectivity index (χ0v) is 9.40. The number of nitrogens with one attached hydrogen (secondary N) is 1. The molecule has 1 N–H and O–H groups in total. The van der Waals surface area contributed by atoms with Crippen LogP contribution < -0.4 is 10.1 Å². The van der Waals surface area contributed by atoms with E-state index < -0.39 is 0 Å². The van der Waals surface area contributed by atoms with Crippen LogP contribution in [0.5, 0.6) is 5.75 Å². The third-order valence-corrected chi connectivity index (χ3v) is 2.90. The third-order valence-electron chi connectivity index (χ3n) is 2.25. The third kappa shape index (κ3) is 1.91. The number of ether oxygens (including phenoxy) is 1. The Morgan fingerprint density at radius 2 is 2.21 bits per heavy atom. The van der Waals surface area contributed by atoms with E-state index in [9.17, 15) is 4.39 Å². The second-order valence-corrected chi connectivity index (χ2v) is 4.59. The highest BCUT2D eigenvalue weighted by Gasteiger charge is 2.33. The Hall–Kier alpha value is -0.610.